The Bertz CT molecular complexity index is 2260. The topological polar surface area (TPSA) is 51.0 Å². The van der Waals surface area contributed by atoms with E-state index < -0.39 is 5.82 Å². The van der Waals surface area contributed by atoms with Crippen molar-refractivity contribution in [3.63, 3.8) is 0 Å². The van der Waals surface area contributed by atoms with Gasteiger partial charge < -0.3 is 4.57 Å². The molecule has 3 aromatic heterocycles. The first-order valence-electron chi connectivity index (χ1n) is 12.3. The normalized spacial score (nSPS) is 11.8. The molecule has 6 heteroatoms. The van der Waals surface area contributed by atoms with Crippen LogP contribution < -0.4 is 0 Å². The summed E-state index contributed by atoms with van der Waals surface area (Å²) in [5, 5.41) is 11.9. The van der Waals surface area contributed by atoms with Gasteiger partial charge in [0, 0.05) is 16.5 Å². The minimum absolute atomic E-state index is 0.00941. The highest BCUT2D eigenvalue weighted by Crippen LogP contribution is 2.39. The van der Waals surface area contributed by atoms with Crippen molar-refractivity contribution >= 4 is 49.7 Å². The lowest BCUT2D eigenvalue weighted by atomic mass is 10.1. The molecule has 0 N–H and O–H groups in total. The summed E-state index contributed by atoms with van der Waals surface area (Å²) < 4.78 is 21.2. The standard InChI is InChI=1S/C32H18FN5/c33-24-12-8-16-26(23(24)19-34)37-25-13-5-4-11-21(25)22-17-18-29-30(31(22)37)35-32-36(20-9-2-1-3-10-20)27-14-6-7-15-28(27)38(29)32/h1-18H. The number of benzene rings is 5. The van der Waals surface area contributed by atoms with Crippen molar-refractivity contribution in [1.29, 1.82) is 5.26 Å². The van der Waals surface area contributed by atoms with Crippen LogP contribution in [-0.2, 0) is 0 Å². The maximum absolute atomic E-state index is 14.8. The summed E-state index contributed by atoms with van der Waals surface area (Å²) in [6, 6.07) is 37.5. The molecule has 0 radical (unpaired) electrons. The molecule has 0 fully saturated rings. The van der Waals surface area contributed by atoms with Gasteiger partial charge in [-0.25, -0.2) is 9.37 Å². The van der Waals surface area contributed by atoms with E-state index in [1.54, 1.807) is 12.1 Å². The molecule has 0 aliphatic heterocycles. The third kappa shape index (κ3) is 2.60. The third-order valence-corrected chi connectivity index (χ3v) is 7.36. The zero-order valence-electron chi connectivity index (χ0n) is 20.0. The highest BCUT2D eigenvalue weighted by Gasteiger charge is 2.23. The van der Waals surface area contributed by atoms with Crippen molar-refractivity contribution < 1.29 is 4.39 Å². The fourth-order valence-corrected chi connectivity index (χ4v) is 5.81. The van der Waals surface area contributed by atoms with Gasteiger partial charge in [0.05, 0.1) is 33.3 Å². The molecule has 0 unspecified atom stereocenters. The zero-order valence-corrected chi connectivity index (χ0v) is 20.0. The van der Waals surface area contributed by atoms with Gasteiger partial charge in [-0.2, -0.15) is 5.26 Å². The lowest BCUT2D eigenvalue weighted by molar-refractivity contribution is 0.623. The van der Waals surface area contributed by atoms with E-state index >= 15 is 0 Å². The maximum Gasteiger partial charge on any atom is 0.220 e. The number of rotatable bonds is 2. The Balaban J connectivity index is 1.62. The van der Waals surface area contributed by atoms with E-state index in [0.717, 1.165) is 55.3 Å². The number of imidazole rings is 2. The number of halogens is 1. The van der Waals surface area contributed by atoms with Crippen LogP contribution in [0.3, 0.4) is 0 Å². The molecule has 0 amide bonds. The van der Waals surface area contributed by atoms with Crippen LogP contribution in [0.25, 0.3) is 61.0 Å². The first-order chi connectivity index (χ1) is 18.8. The second-order valence-electron chi connectivity index (χ2n) is 9.33. The van der Waals surface area contributed by atoms with E-state index in [2.05, 4.69) is 57.5 Å². The van der Waals surface area contributed by atoms with E-state index in [4.69, 9.17) is 4.98 Å². The van der Waals surface area contributed by atoms with Gasteiger partial charge in [-0.1, -0.05) is 54.6 Å². The number of fused-ring (bicyclic) bond motifs is 9. The first-order valence-corrected chi connectivity index (χ1v) is 12.3. The summed E-state index contributed by atoms with van der Waals surface area (Å²) in [6.07, 6.45) is 0. The van der Waals surface area contributed by atoms with Crippen LogP contribution in [0.2, 0.25) is 0 Å². The minimum atomic E-state index is -0.542. The second kappa shape index (κ2) is 7.55. The predicted molar refractivity (Wildman–Crippen MR) is 149 cm³/mol. The Kier molecular flexibility index (Phi) is 4.12. The summed E-state index contributed by atoms with van der Waals surface area (Å²) >= 11 is 0. The monoisotopic (exact) mass is 491 g/mol. The van der Waals surface area contributed by atoms with Crippen LogP contribution in [0.5, 0.6) is 0 Å². The van der Waals surface area contributed by atoms with Gasteiger partial charge in [0.1, 0.15) is 23.0 Å². The minimum Gasteiger partial charge on any atom is -0.306 e. The van der Waals surface area contributed by atoms with Gasteiger partial charge in [-0.15, -0.1) is 0 Å². The lowest BCUT2D eigenvalue weighted by Gasteiger charge is -2.10. The quantitative estimate of drug-likeness (QED) is 0.251. The Morgan fingerprint density at radius 1 is 0.632 bits per heavy atom. The van der Waals surface area contributed by atoms with Gasteiger partial charge in [0.15, 0.2) is 0 Å². The number of nitrogens with zero attached hydrogens (tertiary/aromatic N) is 5. The molecular formula is C32H18FN5. The highest BCUT2D eigenvalue weighted by atomic mass is 19.1. The first kappa shape index (κ1) is 20.7. The molecule has 178 valence electrons. The molecule has 5 aromatic carbocycles. The van der Waals surface area contributed by atoms with Crippen molar-refractivity contribution in [2.45, 2.75) is 0 Å². The second-order valence-corrected chi connectivity index (χ2v) is 9.33. The molecule has 0 aliphatic rings. The lowest BCUT2D eigenvalue weighted by Crippen LogP contribution is -2.00. The van der Waals surface area contributed by atoms with E-state index in [-0.39, 0.29) is 5.56 Å². The fraction of sp³-hybridized carbons (Fsp3) is 0. The predicted octanol–water partition coefficient (Wildman–Crippen LogP) is 7.54. The summed E-state index contributed by atoms with van der Waals surface area (Å²) in [7, 11) is 0. The highest BCUT2D eigenvalue weighted by molar-refractivity contribution is 6.18. The fourth-order valence-electron chi connectivity index (χ4n) is 5.81. The molecule has 8 aromatic rings. The maximum atomic E-state index is 14.8. The zero-order chi connectivity index (χ0) is 25.4. The van der Waals surface area contributed by atoms with Crippen LogP contribution in [0.15, 0.2) is 109 Å². The largest absolute Gasteiger partial charge is 0.306 e. The molecule has 0 saturated heterocycles. The molecule has 0 bridgehead atoms. The number of para-hydroxylation sites is 4. The summed E-state index contributed by atoms with van der Waals surface area (Å²) in [4.78, 5) is 5.24. The molecule has 3 heterocycles. The Labute approximate surface area is 215 Å². The van der Waals surface area contributed by atoms with Crippen LogP contribution in [0, 0.1) is 17.1 Å². The number of nitriles is 1. The summed E-state index contributed by atoms with van der Waals surface area (Å²) in [6.45, 7) is 0. The summed E-state index contributed by atoms with van der Waals surface area (Å²) in [5.74, 6) is 0.246. The molecule has 0 atom stereocenters. The van der Waals surface area contributed by atoms with Gasteiger partial charge >= 0.3 is 0 Å². The van der Waals surface area contributed by atoms with Gasteiger partial charge in [0.25, 0.3) is 0 Å². The van der Waals surface area contributed by atoms with Gasteiger partial charge in [-0.3, -0.25) is 8.97 Å². The van der Waals surface area contributed by atoms with Crippen molar-refractivity contribution in [1.82, 2.24) is 18.5 Å². The average molecular weight is 492 g/mol. The molecule has 0 saturated carbocycles. The molecule has 0 spiro atoms. The van der Waals surface area contributed by atoms with Crippen molar-refractivity contribution in [3.05, 3.63) is 121 Å². The van der Waals surface area contributed by atoms with Crippen molar-refractivity contribution in [3.8, 4) is 17.4 Å². The third-order valence-electron chi connectivity index (χ3n) is 7.36. The molecule has 38 heavy (non-hydrogen) atoms. The van der Waals surface area contributed by atoms with Crippen molar-refractivity contribution in [2.24, 2.45) is 0 Å². The SMILES string of the molecule is N#Cc1c(F)cccc1-n1c2ccccc2c2ccc3c(nc4n(-c5ccccc5)c5ccccc5n34)c21. The van der Waals surface area contributed by atoms with Crippen molar-refractivity contribution in [2.75, 3.05) is 0 Å². The number of hydrogen-bond acceptors (Lipinski definition) is 2. The Morgan fingerprint density at radius 2 is 1.37 bits per heavy atom. The smallest absolute Gasteiger partial charge is 0.220 e. The molecule has 0 aliphatic carbocycles. The summed E-state index contributed by atoms with van der Waals surface area (Å²) in [5.41, 5.74) is 7.09. The molecular weight excluding hydrogens is 473 g/mol. The Morgan fingerprint density at radius 3 is 2.18 bits per heavy atom. The van der Waals surface area contributed by atoms with Crippen LogP contribution in [-0.4, -0.2) is 18.5 Å². The van der Waals surface area contributed by atoms with E-state index in [9.17, 15) is 9.65 Å². The molecule has 5 nitrogen and oxygen atoms in total. The van der Waals surface area contributed by atoms with Gasteiger partial charge in [-0.05, 0) is 54.6 Å². The van der Waals surface area contributed by atoms with Crippen LogP contribution >= 0.6 is 0 Å². The average Bonchev–Trinajstić information content (AvgIpc) is 3.60. The van der Waals surface area contributed by atoms with Crippen LogP contribution in [0.1, 0.15) is 5.56 Å². The van der Waals surface area contributed by atoms with E-state index in [0.29, 0.717) is 5.69 Å². The van der Waals surface area contributed by atoms with E-state index in [1.807, 2.05) is 53.1 Å². The molecule has 8 rings (SSSR count). The van der Waals surface area contributed by atoms with Gasteiger partial charge in [0.2, 0.25) is 5.78 Å². The Hall–Kier alpha value is -5.41. The number of aromatic nitrogens is 4. The number of hydrogen-bond donors (Lipinski definition) is 0. The van der Waals surface area contributed by atoms with E-state index in [1.165, 1.54) is 6.07 Å². The van der Waals surface area contributed by atoms with Crippen LogP contribution in [0.4, 0.5) is 4.39 Å².